The first-order valence-corrected chi connectivity index (χ1v) is 10.1. The highest BCUT2D eigenvalue weighted by Gasteiger charge is 2.32. The SMILES string of the molecule is CNC(C)C(=O)NC1CCc2ccccc2N(Cc2cnnc3ccccc23)C1=O. The Bertz CT molecular complexity index is 1080. The summed E-state index contributed by atoms with van der Waals surface area (Å²) in [6, 6.07) is 14.7. The number of nitrogens with zero attached hydrogens (tertiary/aromatic N) is 3. The molecule has 7 heteroatoms. The molecule has 2 atom stereocenters. The van der Waals surface area contributed by atoms with Gasteiger partial charge in [-0.05, 0) is 44.5 Å². The smallest absolute Gasteiger partial charge is 0.249 e. The van der Waals surface area contributed by atoms with E-state index in [9.17, 15) is 9.59 Å². The van der Waals surface area contributed by atoms with Crippen LogP contribution in [0.1, 0.15) is 24.5 Å². The number of fused-ring (bicyclic) bond motifs is 2. The minimum Gasteiger partial charge on any atom is -0.343 e. The Morgan fingerprint density at radius 1 is 1.20 bits per heavy atom. The molecule has 2 N–H and O–H groups in total. The van der Waals surface area contributed by atoms with Crippen LogP contribution in [0.3, 0.4) is 0 Å². The van der Waals surface area contributed by atoms with Crippen molar-refractivity contribution >= 4 is 28.4 Å². The zero-order valence-corrected chi connectivity index (χ0v) is 17.1. The summed E-state index contributed by atoms with van der Waals surface area (Å²) in [6.07, 6.45) is 2.98. The van der Waals surface area contributed by atoms with Crippen LogP contribution in [0.15, 0.2) is 54.7 Å². The van der Waals surface area contributed by atoms with E-state index in [1.807, 2.05) is 48.5 Å². The second kappa shape index (κ2) is 8.59. The summed E-state index contributed by atoms with van der Waals surface area (Å²) < 4.78 is 0. The van der Waals surface area contributed by atoms with Crippen LogP contribution in [-0.2, 0) is 22.6 Å². The lowest BCUT2D eigenvalue weighted by Crippen LogP contribution is -2.52. The van der Waals surface area contributed by atoms with Gasteiger partial charge in [-0.25, -0.2) is 0 Å². The number of benzene rings is 2. The molecule has 1 aromatic heterocycles. The van der Waals surface area contributed by atoms with Gasteiger partial charge in [-0.3, -0.25) is 9.59 Å². The van der Waals surface area contributed by atoms with Gasteiger partial charge in [0, 0.05) is 16.6 Å². The van der Waals surface area contributed by atoms with Gasteiger partial charge in [0.1, 0.15) is 6.04 Å². The van der Waals surface area contributed by atoms with Crippen LogP contribution >= 0.6 is 0 Å². The molecule has 1 aliphatic rings. The maximum absolute atomic E-state index is 13.5. The van der Waals surface area contributed by atoms with Gasteiger partial charge in [0.15, 0.2) is 0 Å². The number of nitrogens with one attached hydrogen (secondary N) is 2. The number of rotatable bonds is 5. The number of likely N-dealkylation sites (N-methyl/N-ethyl adjacent to an activating group) is 1. The van der Waals surface area contributed by atoms with Gasteiger partial charge in [0.25, 0.3) is 0 Å². The quantitative estimate of drug-likeness (QED) is 0.682. The summed E-state index contributed by atoms with van der Waals surface area (Å²) in [5, 5.41) is 15.1. The van der Waals surface area contributed by atoms with E-state index in [0.29, 0.717) is 19.4 Å². The van der Waals surface area contributed by atoms with E-state index in [0.717, 1.165) is 27.7 Å². The molecule has 2 unspecified atom stereocenters. The largest absolute Gasteiger partial charge is 0.343 e. The van der Waals surface area contributed by atoms with Gasteiger partial charge in [-0.2, -0.15) is 10.2 Å². The fourth-order valence-corrected chi connectivity index (χ4v) is 3.80. The molecule has 0 saturated heterocycles. The molecule has 154 valence electrons. The number of carbonyl (C=O) groups excluding carboxylic acids is 2. The van der Waals surface area contributed by atoms with E-state index in [1.54, 1.807) is 25.1 Å². The summed E-state index contributed by atoms with van der Waals surface area (Å²) in [5.74, 6) is -0.296. The number of hydrogen-bond acceptors (Lipinski definition) is 5. The zero-order chi connectivity index (χ0) is 21.1. The first kappa shape index (κ1) is 20.0. The number of anilines is 1. The fourth-order valence-electron chi connectivity index (χ4n) is 3.80. The summed E-state index contributed by atoms with van der Waals surface area (Å²) in [6.45, 7) is 2.14. The van der Waals surface area contributed by atoms with Gasteiger partial charge in [0.2, 0.25) is 11.8 Å². The molecule has 3 aromatic rings. The van der Waals surface area contributed by atoms with Gasteiger partial charge in [0.05, 0.1) is 24.3 Å². The summed E-state index contributed by atoms with van der Waals surface area (Å²) >= 11 is 0. The lowest BCUT2D eigenvalue weighted by molar-refractivity contribution is -0.128. The maximum atomic E-state index is 13.5. The Balaban J connectivity index is 1.70. The van der Waals surface area contributed by atoms with Crippen molar-refractivity contribution in [3.63, 3.8) is 0 Å². The van der Waals surface area contributed by atoms with Crippen molar-refractivity contribution in [2.75, 3.05) is 11.9 Å². The van der Waals surface area contributed by atoms with Crippen LogP contribution in [0.25, 0.3) is 10.9 Å². The molecule has 0 saturated carbocycles. The predicted octanol–water partition coefficient (Wildman–Crippen LogP) is 2.20. The van der Waals surface area contributed by atoms with Crippen LogP contribution in [0.5, 0.6) is 0 Å². The second-order valence-corrected chi connectivity index (χ2v) is 7.55. The van der Waals surface area contributed by atoms with E-state index in [2.05, 4.69) is 20.8 Å². The molecule has 2 aromatic carbocycles. The molecule has 0 spiro atoms. The average molecular weight is 403 g/mol. The van der Waals surface area contributed by atoms with Gasteiger partial charge in [-0.15, -0.1) is 0 Å². The van der Waals surface area contributed by atoms with Crippen molar-refractivity contribution in [2.45, 2.75) is 38.4 Å². The third-order valence-corrected chi connectivity index (χ3v) is 5.65. The third-order valence-electron chi connectivity index (χ3n) is 5.65. The lowest BCUT2D eigenvalue weighted by atomic mass is 10.1. The van der Waals surface area contributed by atoms with Crippen LogP contribution in [0.2, 0.25) is 0 Å². The number of para-hydroxylation sites is 1. The molecule has 2 amide bonds. The molecule has 0 radical (unpaired) electrons. The van der Waals surface area contributed by atoms with Crippen molar-refractivity contribution in [3.8, 4) is 0 Å². The Morgan fingerprint density at radius 2 is 1.97 bits per heavy atom. The van der Waals surface area contributed by atoms with E-state index in [-0.39, 0.29) is 17.9 Å². The third kappa shape index (κ3) is 3.89. The Hall–Kier alpha value is -3.32. The molecule has 1 aliphatic heterocycles. The van der Waals surface area contributed by atoms with Crippen molar-refractivity contribution in [3.05, 3.63) is 65.9 Å². The van der Waals surface area contributed by atoms with E-state index in [1.165, 1.54) is 0 Å². The highest BCUT2D eigenvalue weighted by molar-refractivity contribution is 6.01. The minimum atomic E-state index is -0.582. The van der Waals surface area contributed by atoms with Crippen LogP contribution in [-0.4, -0.2) is 41.1 Å². The molecule has 0 aliphatic carbocycles. The first-order chi connectivity index (χ1) is 14.6. The van der Waals surface area contributed by atoms with Crippen LogP contribution in [0.4, 0.5) is 5.69 Å². The summed E-state index contributed by atoms with van der Waals surface area (Å²) in [7, 11) is 1.73. The standard InChI is InChI=1S/C23H25N5O2/c1-15(24-2)22(29)26-20-12-11-16-7-3-6-10-21(16)28(23(20)30)14-17-13-25-27-19-9-5-4-8-18(17)19/h3-10,13,15,20,24H,11-12,14H2,1-2H3,(H,26,29). The summed E-state index contributed by atoms with van der Waals surface area (Å²) in [5.41, 5.74) is 3.68. The summed E-state index contributed by atoms with van der Waals surface area (Å²) in [4.78, 5) is 27.8. The highest BCUT2D eigenvalue weighted by Crippen LogP contribution is 2.29. The molecule has 2 heterocycles. The van der Waals surface area contributed by atoms with E-state index in [4.69, 9.17) is 0 Å². The number of aromatic nitrogens is 2. The molecule has 0 fully saturated rings. The van der Waals surface area contributed by atoms with E-state index < -0.39 is 6.04 Å². The number of hydrogen-bond donors (Lipinski definition) is 2. The predicted molar refractivity (Wildman–Crippen MR) is 116 cm³/mol. The van der Waals surface area contributed by atoms with Crippen LogP contribution in [0, 0.1) is 0 Å². The van der Waals surface area contributed by atoms with Crippen molar-refractivity contribution in [2.24, 2.45) is 0 Å². The fraction of sp³-hybridized carbons (Fsp3) is 0.304. The van der Waals surface area contributed by atoms with Crippen molar-refractivity contribution in [1.29, 1.82) is 0 Å². The lowest BCUT2D eigenvalue weighted by Gasteiger charge is -2.27. The normalized spacial score (nSPS) is 17.3. The molecule has 7 nitrogen and oxygen atoms in total. The molecule has 0 bridgehead atoms. The molecule has 30 heavy (non-hydrogen) atoms. The Kier molecular flexibility index (Phi) is 5.72. The number of carbonyl (C=O) groups is 2. The molecule has 4 rings (SSSR count). The first-order valence-electron chi connectivity index (χ1n) is 10.1. The van der Waals surface area contributed by atoms with Crippen molar-refractivity contribution in [1.82, 2.24) is 20.8 Å². The minimum absolute atomic E-state index is 0.113. The van der Waals surface area contributed by atoms with E-state index >= 15 is 0 Å². The van der Waals surface area contributed by atoms with Crippen molar-refractivity contribution < 1.29 is 9.59 Å². The monoisotopic (exact) mass is 403 g/mol. The zero-order valence-electron chi connectivity index (χ0n) is 17.1. The van der Waals surface area contributed by atoms with Gasteiger partial charge < -0.3 is 15.5 Å². The second-order valence-electron chi connectivity index (χ2n) is 7.55. The van der Waals surface area contributed by atoms with Crippen LogP contribution < -0.4 is 15.5 Å². The molecular formula is C23H25N5O2. The maximum Gasteiger partial charge on any atom is 0.249 e. The molecular weight excluding hydrogens is 378 g/mol. The average Bonchev–Trinajstić information content (AvgIpc) is 2.91. The number of amides is 2. The van der Waals surface area contributed by atoms with Gasteiger partial charge in [-0.1, -0.05) is 36.4 Å². The highest BCUT2D eigenvalue weighted by atomic mass is 16.2. The van der Waals surface area contributed by atoms with Gasteiger partial charge >= 0.3 is 0 Å². The topological polar surface area (TPSA) is 87.2 Å². The Morgan fingerprint density at radius 3 is 2.80 bits per heavy atom. The Labute approximate surface area is 175 Å². The number of aryl methyl sites for hydroxylation is 1.